The average Bonchev–Trinajstić information content (AvgIpc) is 3.07. The number of ether oxygens (including phenoxy) is 1. The molecule has 1 saturated heterocycles. The summed E-state index contributed by atoms with van der Waals surface area (Å²) in [6.07, 6.45) is 8.51. The predicted molar refractivity (Wildman–Crippen MR) is 80.8 cm³/mol. The Morgan fingerprint density at radius 1 is 1.20 bits per heavy atom. The molecule has 20 heavy (non-hydrogen) atoms. The highest BCUT2D eigenvalue weighted by Gasteiger charge is 2.56. The molecule has 1 aliphatic heterocycles. The van der Waals surface area contributed by atoms with Crippen LogP contribution in [0.3, 0.4) is 0 Å². The van der Waals surface area contributed by atoms with Crippen molar-refractivity contribution in [3.8, 4) is 0 Å². The Balaban J connectivity index is 1.80. The van der Waals surface area contributed by atoms with Gasteiger partial charge >= 0.3 is 7.12 Å². The van der Waals surface area contributed by atoms with E-state index >= 15 is 0 Å². The molecule has 0 N–H and O–H groups in total. The van der Waals surface area contributed by atoms with Gasteiger partial charge in [0.05, 0.1) is 29.2 Å². The van der Waals surface area contributed by atoms with Crippen LogP contribution in [0.25, 0.3) is 0 Å². The number of allylic oxidation sites excluding steroid dienone is 2. The zero-order valence-corrected chi connectivity index (χ0v) is 13.3. The first-order chi connectivity index (χ1) is 9.30. The van der Waals surface area contributed by atoms with Gasteiger partial charge in [-0.1, -0.05) is 23.8 Å². The lowest BCUT2D eigenvalue weighted by Gasteiger charge is -2.32. The van der Waals surface area contributed by atoms with Gasteiger partial charge in [-0.3, -0.25) is 0 Å². The largest absolute Gasteiger partial charge is 0.469 e. The highest BCUT2D eigenvalue weighted by molar-refractivity contribution is 6.52. The van der Waals surface area contributed by atoms with Gasteiger partial charge in [-0.2, -0.15) is 0 Å². The average molecular weight is 297 g/mol. The number of rotatable bonds is 3. The van der Waals surface area contributed by atoms with E-state index in [0.717, 1.165) is 17.9 Å². The van der Waals surface area contributed by atoms with Crippen LogP contribution in [0.1, 0.15) is 40.5 Å². The molecule has 2 atom stereocenters. The van der Waals surface area contributed by atoms with Gasteiger partial charge in [-0.15, -0.1) is 0 Å². The predicted octanol–water partition coefficient (Wildman–Crippen LogP) is 3.69. The molecule has 0 bridgehead atoms. The molecule has 110 valence electrons. The van der Waals surface area contributed by atoms with Crippen LogP contribution in [0.5, 0.6) is 0 Å². The van der Waals surface area contributed by atoms with Gasteiger partial charge in [0.25, 0.3) is 0 Å². The van der Waals surface area contributed by atoms with Crippen molar-refractivity contribution < 1.29 is 14.0 Å². The van der Waals surface area contributed by atoms with Crippen LogP contribution < -0.4 is 0 Å². The van der Waals surface area contributed by atoms with E-state index in [1.807, 2.05) is 12.2 Å². The number of halogens is 1. The molecule has 2 aliphatic carbocycles. The molecule has 2 unspecified atom stereocenters. The van der Waals surface area contributed by atoms with Crippen LogP contribution >= 0.6 is 11.6 Å². The van der Waals surface area contributed by atoms with E-state index in [1.54, 1.807) is 0 Å². The standard InChI is InChI=1S/C15H22BClO3/c1-14(2)15(3,4)20-16(19-14)13-11(17)6-5-7-12(13)18-10-8-9-10/h5-7,10,12-13H,8-9H2,1-4H3. The van der Waals surface area contributed by atoms with Crippen molar-refractivity contribution in [1.82, 2.24) is 0 Å². The molecular formula is C15H22BClO3. The Labute approximate surface area is 126 Å². The summed E-state index contributed by atoms with van der Waals surface area (Å²) in [5.41, 5.74) is -0.694. The van der Waals surface area contributed by atoms with Gasteiger partial charge in [0.15, 0.2) is 0 Å². The number of hydrogen-bond acceptors (Lipinski definition) is 3. The highest BCUT2D eigenvalue weighted by Crippen LogP contribution is 2.46. The molecule has 1 heterocycles. The summed E-state index contributed by atoms with van der Waals surface area (Å²) in [5.74, 6) is -0.0803. The first-order valence-corrected chi connectivity index (χ1v) is 7.73. The third-order valence-electron chi connectivity index (χ3n) is 4.67. The third kappa shape index (κ3) is 2.59. The van der Waals surface area contributed by atoms with Crippen molar-refractivity contribution in [2.75, 3.05) is 0 Å². The zero-order chi connectivity index (χ0) is 14.5. The van der Waals surface area contributed by atoms with Crippen molar-refractivity contribution in [3.05, 3.63) is 23.3 Å². The van der Waals surface area contributed by atoms with Crippen molar-refractivity contribution in [2.24, 2.45) is 0 Å². The van der Waals surface area contributed by atoms with Crippen molar-refractivity contribution in [1.29, 1.82) is 0 Å². The molecule has 3 aliphatic rings. The lowest BCUT2D eigenvalue weighted by molar-refractivity contribution is 0.00578. The molecule has 2 fully saturated rings. The van der Waals surface area contributed by atoms with Crippen LogP contribution in [0.4, 0.5) is 0 Å². The third-order valence-corrected chi connectivity index (χ3v) is 5.05. The second-order valence-corrected chi connectivity index (χ2v) is 7.32. The summed E-state index contributed by atoms with van der Waals surface area (Å²) >= 11 is 6.42. The molecular weight excluding hydrogens is 274 g/mol. The Hall–Kier alpha value is -0.285. The Morgan fingerprint density at radius 2 is 1.80 bits per heavy atom. The Bertz CT molecular complexity index is 438. The molecule has 1 saturated carbocycles. The van der Waals surface area contributed by atoms with Crippen molar-refractivity contribution >= 4 is 18.7 Å². The first-order valence-electron chi connectivity index (χ1n) is 7.35. The van der Waals surface area contributed by atoms with Crippen LogP contribution in [0.2, 0.25) is 5.82 Å². The minimum Gasteiger partial charge on any atom is -0.403 e. The quantitative estimate of drug-likeness (QED) is 0.743. The van der Waals surface area contributed by atoms with Gasteiger partial charge in [-0.05, 0) is 46.6 Å². The first kappa shape index (κ1) is 14.6. The molecule has 3 rings (SSSR count). The van der Waals surface area contributed by atoms with Gasteiger partial charge in [0.1, 0.15) is 0 Å². The van der Waals surface area contributed by atoms with Crippen LogP contribution in [-0.2, 0) is 14.0 Å². The molecule has 0 aromatic rings. The van der Waals surface area contributed by atoms with E-state index in [-0.39, 0.29) is 30.2 Å². The van der Waals surface area contributed by atoms with Crippen molar-refractivity contribution in [2.45, 2.75) is 69.8 Å². The minimum absolute atomic E-state index is 0.0605. The summed E-state index contributed by atoms with van der Waals surface area (Å²) < 4.78 is 18.4. The zero-order valence-electron chi connectivity index (χ0n) is 12.6. The molecule has 0 aromatic heterocycles. The maximum Gasteiger partial charge on any atom is 0.469 e. The molecule has 3 nitrogen and oxygen atoms in total. The fourth-order valence-corrected chi connectivity index (χ4v) is 2.82. The lowest BCUT2D eigenvalue weighted by atomic mass is 9.67. The Morgan fingerprint density at radius 3 is 2.35 bits per heavy atom. The lowest BCUT2D eigenvalue weighted by Crippen LogP contribution is -2.41. The summed E-state index contributed by atoms with van der Waals surface area (Å²) in [7, 11) is -0.363. The topological polar surface area (TPSA) is 27.7 Å². The monoisotopic (exact) mass is 296 g/mol. The maximum atomic E-state index is 6.42. The summed E-state index contributed by atoms with van der Waals surface area (Å²) in [6, 6.07) is 0. The van der Waals surface area contributed by atoms with E-state index in [4.69, 9.17) is 25.6 Å². The van der Waals surface area contributed by atoms with Gasteiger partial charge < -0.3 is 14.0 Å². The molecule has 0 spiro atoms. The maximum absolute atomic E-state index is 6.42. The van der Waals surface area contributed by atoms with Crippen LogP contribution in [-0.4, -0.2) is 30.5 Å². The second kappa shape index (κ2) is 4.87. The van der Waals surface area contributed by atoms with E-state index in [1.165, 1.54) is 0 Å². The minimum atomic E-state index is -0.363. The number of hydrogen-bond donors (Lipinski definition) is 0. The van der Waals surface area contributed by atoms with Crippen LogP contribution in [0.15, 0.2) is 23.3 Å². The van der Waals surface area contributed by atoms with E-state index in [0.29, 0.717) is 6.10 Å². The SMILES string of the molecule is CC1(C)OB(C2C(Cl)=CC=CC2OC2CC2)OC1(C)C. The molecule has 0 aromatic carbocycles. The highest BCUT2D eigenvalue weighted by atomic mass is 35.5. The molecule has 0 amide bonds. The Kier molecular flexibility index (Phi) is 3.57. The van der Waals surface area contributed by atoms with Crippen molar-refractivity contribution in [3.63, 3.8) is 0 Å². The molecule has 5 heteroatoms. The summed E-state index contributed by atoms with van der Waals surface area (Å²) in [5, 5.41) is 0.747. The fourth-order valence-electron chi connectivity index (χ4n) is 2.52. The fraction of sp³-hybridized carbons (Fsp3) is 0.733. The second-order valence-electron chi connectivity index (χ2n) is 6.89. The van der Waals surface area contributed by atoms with E-state index < -0.39 is 0 Å². The summed E-state index contributed by atoms with van der Waals surface area (Å²) in [4.78, 5) is 0. The smallest absolute Gasteiger partial charge is 0.403 e. The van der Waals surface area contributed by atoms with E-state index in [2.05, 4.69) is 33.8 Å². The normalized spacial score (nSPS) is 35.2. The van der Waals surface area contributed by atoms with Gasteiger partial charge in [0.2, 0.25) is 0 Å². The molecule has 0 radical (unpaired) electrons. The van der Waals surface area contributed by atoms with E-state index in [9.17, 15) is 0 Å². The van der Waals surface area contributed by atoms with Crippen LogP contribution in [0, 0.1) is 0 Å². The van der Waals surface area contributed by atoms with Gasteiger partial charge in [0, 0.05) is 5.03 Å². The van der Waals surface area contributed by atoms with Gasteiger partial charge in [-0.25, -0.2) is 0 Å². The summed E-state index contributed by atoms with van der Waals surface area (Å²) in [6.45, 7) is 8.22.